The summed E-state index contributed by atoms with van der Waals surface area (Å²) in [7, 11) is 0. The van der Waals surface area contributed by atoms with Gasteiger partial charge >= 0.3 is 0 Å². The number of nitriles is 1. The summed E-state index contributed by atoms with van der Waals surface area (Å²) >= 11 is 5.01. The SMILES string of the molecule is N#CC1([S])CCCC1. The van der Waals surface area contributed by atoms with Crippen molar-refractivity contribution in [3.8, 4) is 6.07 Å². The molecule has 1 aliphatic rings. The Bertz CT molecular complexity index is 119. The highest BCUT2D eigenvalue weighted by atomic mass is 32.1. The summed E-state index contributed by atoms with van der Waals surface area (Å²) in [6.07, 6.45) is 4.16. The summed E-state index contributed by atoms with van der Waals surface area (Å²) < 4.78 is -0.375. The van der Waals surface area contributed by atoms with Crippen LogP contribution in [0.15, 0.2) is 0 Å². The predicted molar refractivity (Wildman–Crippen MR) is 34.4 cm³/mol. The van der Waals surface area contributed by atoms with Crippen molar-refractivity contribution in [2.75, 3.05) is 0 Å². The van der Waals surface area contributed by atoms with Crippen LogP contribution in [-0.2, 0) is 0 Å². The molecule has 1 nitrogen and oxygen atoms in total. The zero-order valence-electron chi connectivity index (χ0n) is 4.68. The Hall–Kier alpha value is -0.160. The Balaban J connectivity index is 2.56. The Morgan fingerprint density at radius 2 is 1.88 bits per heavy atom. The lowest BCUT2D eigenvalue weighted by atomic mass is 10.1. The summed E-state index contributed by atoms with van der Waals surface area (Å²) in [6, 6.07) is 2.16. The topological polar surface area (TPSA) is 23.8 Å². The Morgan fingerprint density at radius 3 is 2.12 bits per heavy atom. The Labute approximate surface area is 55.1 Å². The molecule has 1 rings (SSSR count). The van der Waals surface area contributed by atoms with E-state index in [9.17, 15) is 0 Å². The highest BCUT2D eigenvalue weighted by Crippen LogP contribution is 2.34. The molecule has 0 aromatic heterocycles. The zero-order chi connectivity index (χ0) is 6.04. The van der Waals surface area contributed by atoms with Crippen molar-refractivity contribution in [2.45, 2.75) is 30.4 Å². The van der Waals surface area contributed by atoms with Crippen molar-refractivity contribution < 1.29 is 0 Å². The summed E-state index contributed by atoms with van der Waals surface area (Å²) in [4.78, 5) is 0. The number of rotatable bonds is 0. The van der Waals surface area contributed by atoms with Gasteiger partial charge in [0.1, 0.15) is 4.75 Å². The maximum Gasteiger partial charge on any atom is 0.113 e. The van der Waals surface area contributed by atoms with E-state index < -0.39 is 0 Å². The predicted octanol–water partition coefficient (Wildman–Crippen LogP) is 2.02. The van der Waals surface area contributed by atoms with E-state index in [1.807, 2.05) is 0 Å². The van der Waals surface area contributed by atoms with Crippen molar-refractivity contribution in [1.82, 2.24) is 0 Å². The molecule has 1 radical (unpaired) electrons. The smallest absolute Gasteiger partial charge is 0.113 e. The second-order valence-electron chi connectivity index (χ2n) is 2.31. The molecule has 0 unspecified atom stereocenters. The molecule has 2 heteroatoms. The largest absolute Gasteiger partial charge is 0.197 e. The summed E-state index contributed by atoms with van der Waals surface area (Å²) in [6.45, 7) is 0. The molecular weight excluding hydrogens is 118 g/mol. The van der Waals surface area contributed by atoms with Crippen molar-refractivity contribution in [3.05, 3.63) is 0 Å². The van der Waals surface area contributed by atoms with Gasteiger partial charge in [-0.05, 0) is 12.8 Å². The monoisotopic (exact) mass is 126 g/mol. The lowest BCUT2D eigenvalue weighted by Gasteiger charge is -2.06. The van der Waals surface area contributed by atoms with Gasteiger partial charge in [-0.15, -0.1) is 0 Å². The molecular formula is C6H8NS. The average Bonchev–Trinajstić information content (AvgIpc) is 2.17. The van der Waals surface area contributed by atoms with Crippen molar-refractivity contribution in [3.63, 3.8) is 0 Å². The lowest BCUT2D eigenvalue weighted by Crippen LogP contribution is -2.11. The maximum atomic E-state index is 8.47. The minimum atomic E-state index is -0.375. The molecule has 0 bridgehead atoms. The van der Waals surface area contributed by atoms with Gasteiger partial charge in [-0.1, -0.05) is 25.5 Å². The number of hydrogen-bond acceptors (Lipinski definition) is 1. The van der Waals surface area contributed by atoms with E-state index >= 15 is 0 Å². The van der Waals surface area contributed by atoms with E-state index in [0.29, 0.717) is 0 Å². The fourth-order valence-corrected chi connectivity index (χ4v) is 1.35. The van der Waals surface area contributed by atoms with Crippen molar-refractivity contribution in [2.24, 2.45) is 0 Å². The molecule has 0 heterocycles. The molecule has 0 amide bonds. The molecule has 0 aliphatic heterocycles. The molecule has 1 saturated carbocycles. The third-order valence-electron chi connectivity index (χ3n) is 1.61. The van der Waals surface area contributed by atoms with Gasteiger partial charge in [0, 0.05) is 0 Å². The normalized spacial score (nSPS) is 25.0. The highest BCUT2D eigenvalue weighted by molar-refractivity contribution is 7.82. The van der Waals surface area contributed by atoms with Gasteiger partial charge in [-0.25, -0.2) is 0 Å². The molecule has 0 spiro atoms. The average molecular weight is 126 g/mol. The van der Waals surface area contributed by atoms with Crippen LogP contribution >= 0.6 is 12.6 Å². The lowest BCUT2D eigenvalue weighted by molar-refractivity contribution is 0.767. The summed E-state index contributed by atoms with van der Waals surface area (Å²) in [5.41, 5.74) is 0. The van der Waals surface area contributed by atoms with Crippen LogP contribution in [0.25, 0.3) is 0 Å². The van der Waals surface area contributed by atoms with Gasteiger partial charge in [0.05, 0.1) is 6.07 Å². The van der Waals surface area contributed by atoms with Crippen LogP contribution in [0.3, 0.4) is 0 Å². The van der Waals surface area contributed by atoms with Crippen molar-refractivity contribution in [1.29, 1.82) is 5.26 Å². The first-order valence-corrected chi connectivity index (χ1v) is 3.29. The van der Waals surface area contributed by atoms with Gasteiger partial charge in [-0.2, -0.15) is 5.26 Å². The molecule has 0 saturated heterocycles. The van der Waals surface area contributed by atoms with E-state index in [0.717, 1.165) is 25.7 Å². The molecule has 8 heavy (non-hydrogen) atoms. The van der Waals surface area contributed by atoms with Crippen molar-refractivity contribution >= 4 is 12.6 Å². The zero-order valence-corrected chi connectivity index (χ0v) is 5.50. The van der Waals surface area contributed by atoms with E-state index in [4.69, 9.17) is 17.9 Å². The quantitative estimate of drug-likeness (QED) is 0.487. The van der Waals surface area contributed by atoms with Crippen LogP contribution in [0, 0.1) is 11.3 Å². The first-order valence-electron chi connectivity index (χ1n) is 2.88. The van der Waals surface area contributed by atoms with Crippen LogP contribution in [0.1, 0.15) is 25.7 Å². The van der Waals surface area contributed by atoms with Gasteiger partial charge in [0.15, 0.2) is 0 Å². The molecule has 43 valence electrons. The standard InChI is InChI=1S/C6H8NS/c7-5-6(8)3-1-2-4-6/h1-4H2. The van der Waals surface area contributed by atoms with E-state index in [1.165, 1.54) is 0 Å². The van der Waals surface area contributed by atoms with Gasteiger partial charge in [0.2, 0.25) is 0 Å². The van der Waals surface area contributed by atoms with Gasteiger partial charge < -0.3 is 0 Å². The van der Waals surface area contributed by atoms with Crippen LogP contribution in [-0.4, -0.2) is 4.75 Å². The molecule has 0 atom stereocenters. The minimum absolute atomic E-state index is 0.375. The summed E-state index contributed by atoms with van der Waals surface area (Å²) in [5, 5.41) is 8.47. The maximum absolute atomic E-state index is 8.47. The molecule has 0 aromatic rings. The molecule has 1 aliphatic carbocycles. The first kappa shape index (κ1) is 5.97. The van der Waals surface area contributed by atoms with E-state index in [-0.39, 0.29) is 4.75 Å². The molecule has 0 N–H and O–H groups in total. The Morgan fingerprint density at radius 1 is 1.38 bits per heavy atom. The third kappa shape index (κ3) is 0.976. The minimum Gasteiger partial charge on any atom is -0.197 e. The Kier molecular flexibility index (Phi) is 1.48. The third-order valence-corrected chi connectivity index (χ3v) is 2.11. The van der Waals surface area contributed by atoms with E-state index in [2.05, 4.69) is 6.07 Å². The van der Waals surface area contributed by atoms with Gasteiger partial charge in [0.25, 0.3) is 0 Å². The van der Waals surface area contributed by atoms with Crippen LogP contribution < -0.4 is 0 Å². The number of nitrogens with zero attached hydrogens (tertiary/aromatic N) is 1. The van der Waals surface area contributed by atoms with E-state index in [1.54, 1.807) is 0 Å². The van der Waals surface area contributed by atoms with Gasteiger partial charge in [-0.3, -0.25) is 0 Å². The van der Waals surface area contributed by atoms with Crippen LogP contribution in [0.2, 0.25) is 0 Å². The van der Waals surface area contributed by atoms with Crippen LogP contribution in [0.4, 0.5) is 0 Å². The summed E-state index contributed by atoms with van der Waals surface area (Å²) in [5.74, 6) is 0. The second-order valence-corrected chi connectivity index (χ2v) is 3.09. The first-order chi connectivity index (χ1) is 3.77. The highest BCUT2D eigenvalue weighted by Gasteiger charge is 2.29. The molecule has 1 fully saturated rings. The fraction of sp³-hybridized carbons (Fsp3) is 0.833. The second kappa shape index (κ2) is 1.99. The fourth-order valence-electron chi connectivity index (χ4n) is 1.06. The molecule has 0 aromatic carbocycles. The number of hydrogen-bond donors (Lipinski definition) is 0. The van der Waals surface area contributed by atoms with Crippen LogP contribution in [0.5, 0.6) is 0 Å².